The standard InChI is InChI=1S/C12H17NO10S3/c1-24(16,17)13-9(12(14)15)6-8-4-5-10(22-25(2,18)19)11(7-8)23-26(3,20)21/h4-5,7,9,13H,6H2,1-3H3,(H,14,15)/t9-/m0/s1. The van der Waals surface area contributed by atoms with Crippen LogP contribution in [0.1, 0.15) is 5.56 Å². The highest BCUT2D eigenvalue weighted by Crippen LogP contribution is 2.31. The topological polar surface area (TPSA) is 170 Å². The van der Waals surface area contributed by atoms with Crippen molar-refractivity contribution in [1.29, 1.82) is 0 Å². The van der Waals surface area contributed by atoms with Crippen LogP contribution in [0.2, 0.25) is 0 Å². The summed E-state index contributed by atoms with van der Waals surface area (Å²) in [4.78, 5) is 11.2. The molecule has 0 radical (unpaired) electrons. The SMILES string of the molecule is CS(=O)(=O)N[C@@H](Cc1ccc(OS(C)(=O)=O)c(OS(C)(=O)=O)c1)C(=O)O. The lowest BCUT2D eigenvalue weighted by molar-refractivity contribution is -0.138. The number of sulfonamides is 1. The maximum Gasteiger partial charge on any atom is 0.322 e. The second-order valence-corrected chi connectivity index (χ2v) is 10.3. The monoisotopic (exact) mass is 431 g/mol. The van der Waals surface area contributed by atoms with Crippen LogP contribution in [-0.4, -0.2) is 61.1 Å². The van der Waals surface area contributed by atoms with Crippen LogP contribution < -0.4 is 13.1 Å². The van der Waals surface area contributed by atoms with Gasteiger partial charge in [-0.05, 0) is 24.1 Å². The normalized spacial score (nSPS) is 13.8. The zero-order chi connectivity index (χ0) is 20.3. The molecule has 1 aromatic carbocycles. The molecule has 1 aromatic rings. The average molecular weight is 431 g/mol. The highest BCUT2D eigenvalue weighted by Gasteiger charge is 2.23. The predicted octanol–water partition coefficient (Wildman–Crippen LogP) is -1.09. The Hall–Kier alpha value is -1.90. The van der Waals surface area contributed by atoms with Crippen molar-refractivity contribution in [1.82, 2.24) is 4.72 Å². The van der Waals surface area contributed by atoms with E-state index >= 15 is 0 Å². The van der Waals surface area contributed by atoms with Gasteiger partial charge in [-0.15, -0.1) is 0 Å². The minimum Gasteiger partial charge on any atom is -0.480 e. The van der Waals surface area contributed by atoms with Crippen LogP contribution in [0.3, 0.4) is 0 Å². The number of hydrogen-bond donors (Lipinski definition) is 2. The smallest absolute Gasteiger partial charge is 0.322 e. The Balaban J connectivity index is 3.28. The lowest BCUT2D eigenvalue weighted by Gasteiger charge is -2.15. The maximum absolute atomic E-state index is 11.3. The number of rotatable bonds is 9. The summed E-state index contributed by atoms with van der Waals surface area (Å²) in [5.74, 6) is -2.37. The molecule has 0 saturated heterocycles. The maximum atomic E-state index is 11.3. The summed E-state index contributed by atoms with van der Waals surface area (Å²) in [5, 5.41) is 9.10. The number of nitrogens with one attached hydrogen (secondary N) is 1. The van der Waals surface area contributed by atoms with Crippen LogP contribution in [0.15, 0.2) is 18.2 Å². The molecule has 0 aliphatic rings. The van der Waals surface area contributed by atoms with E-state index in [9.17, 15) is 30.0 Å². The molecule has 0 unspecified atom stereocenters. The molecule has 0 aliphatic carbocycles. The molecule has 0 bridgehead atoms. The van der Waals surface area contributed by atoms with Gasteiger partial charge in [-0.25, -0.2) is 13.1 Å². The first kappa shape index (κ1) is 22.1. The Labute approximate surface area is 151 Å². The van der Waals surface area contributed by atoms with Crippen LogP contribution in [0.25, 0.3) is 0 Å². The first-order valence-corrected chi connectivity index (χ1v) is 12.2. The quantitative estimate of drug-likeness (QED) is 0.458. The molecule has 2 N–H and O–H groups in total. The summed E-state index contributed by atoms with van der Waals surface area (Å²) in [6, 6.07) is 1.82. The molecule has 0 heterocycles. The van der Waals surface area contributed by atoms with E-state index in [0.29, 0.717) is 0 Å². The van der Waals surface area contributed by atoms with Gasteiger partial charge < -0.3 is 13.5 Å². The summed E-state index contributed by atoms with van der Waals surface area (Å²) in [7, 11) is -11.9. The highest BCUT2D eigenvalue weighted by atomic mass is 32.2. The number of carbonyl (C=O) groups is 1. The van der Waals surface area contributed by atoms with E-state index in [4.69, 9.17) is 5.11 Å². The van der Waals surface area contributed by atoms with Crippen molar-refractivity contribution in [2.24, 2.45) is 0 Å². The van der Waals surface area contributed by atoms with Crippen molar-refractivity contribution in [3.8, 4) is 11.5 Å². The Morgan fingerprint density at radius 2 is 1.50 bits per heavy atom. The van der Waals surface area contributed by atoms with Gasteiger partial charge in [0.15, 0.2) is 11.5 Å². The third-order valence-corrected chi connectivity index (χ3v) is 4.26. The van der Waals surface area contributed by atoms with Crippen molar-refractivity contribution in [3.63, 3.8) is 0 Å². The molecular formula is C12H17NO10S3. The van der Waals surface area contributed by atoms with Crippen LogP contribution >= 0.6 is 0 Å². The van der Waals surface area contributed by atoms with E-state index in [-0.39, 0.29) is 12.0 Å². The minimum atomic E-state index is -4.05. The summed E-state index contributed by atoms with van der Waals surface area (Å²) >= 11 is 0. The number of benzene rings is 1. The van der Waals surface area contributed by atoms with Gasteiger partial charge in [0.25, 0.3) is 0 Å². The fourth-order valence-corrected chi connectivity index (χ4v) is 3.43. The molecule has 1 rings (SSSR count). The Morgan fingerprint density at radius 1 is 1.00 bits per heavy atom. The second kappa shape index (κ2) is 7.77. The van der Waals surface area contributed by atoms with Gasteiger partial charge in [0, 0.05) is 0 Å². The van der Waals surface area contributed by atoms with Gasteiger partial charge in [-0.1, -0.05) is 6.07 Å². The zero-order valence-corrected chi connectivity index (χ0v) is 16.3. The lowest BCUT2D eigenvalue weighted by atomic mass is 10.1. The Kier molecular flexibility index (Phi) is 6.62. The van der Waals surface area contributed by atoms with Gasteiger partial charge in [0.2, 0.25) is 10.0 Å². The number of hydrogen-bond acceptors (Lipinski definition) is 9. The fraction of sp³-hybridized carbons (Fsp3) is 0.417. The third kappa shape index (κ3) is 8.46. The second-order valence-electron chi connectivity index (χ2n) is 5.34. The van der Waals surface area contributed by atoms with E-state index in [1.54, 1.807) is 0 Å². The van der Waals surface area contributed by atoms with E-state index in [2.05, 4.69) is 8.37 Å². The zero-order valence-electron chi connectivity index (χ0n) is 13.9. The molecule has 26 heavy (non-hydrogen) atoms. The van der Waals surface area contributed by atoms with E-state index in [0.717, 1.165) is 30.9 Å². The van der Waals surface area contributed by atoms with E-state index < -0.39 is 53.8 Å². The molecule has 0 fully saturated rings. The molecule has 14 heteroatoms. The molecule has 0 aromatic heterocycles. The summed E-state index contributed by atoms with van der Waals surface area (Å²) < 4.78 is 78.8. The van der Waals surface area contributed by atoms with Crippen LogP contribution in [0.5, 0.6) is 11.5 Å². The average Bonchev–Trinajstić information content (AvgIpc) is 2.36. The predicted molar refractivity (Wildman–Crippen MR) is 90.5 cm³/mol. The number of aliphatic carboxylic acids is 1. The molecule has 0 amide bonds. The molecule has 148 valence electrons. The summed E-state index contributed by atoms with van der Waals surface area (Å²) in [6.45, 7) is 0. The lowest BCUT2D eigenvalue weighted by Crippen LogP contribution is -2.41. The first-order valence-electron chi connectivity index (χ1n) is 6.68. The Bertz CT molecular complexity index is 996. The first-order chi connectivity index (χ1) is 11.6. The van der Waals surface area contributed by atoms with Gasteiger partial charge in [-0.2, -0.15) is 16.8 Å². The largest absolute Gasteiger partial charge is 0.480 e. The molecule has 0 aliphatic heterocycles. The van der Waals surface area contributed by atoms with Crippen molar-refractivity contribution < 1.29 is 43.5 Å². The van der Waals surface area contributed by atoms with Gasteiger partial charge in [0.05, 0.1) is 18.8 Å². The third-order valence-electron chi connectivity index (χ3n) is 2.58. The molecule has 0 saturated carbocycles. The molecule has 1 atom stereocenters. The van der Waals surface area contributed by atoms with Crippen LogP contribution in [0, 0.1) is 0 Å². The van der Waals surface area contributed by atoms with Crippen molar-refractivity contribution in [3.05, 3.63) is 23.8 Å². The number of carboxylic acids is 1. The van der Waals surface area contributed by atoms with E-state index in [1.807, 2.05) is 4.72 Å². The van der Waals surface area contributed by atoms with E-state index in [1.165, 1.54) is 6.07 Å². The fourth-order valence-electron chi connectivity index (χ4n) is 1.81. The van der Waals surface area contributed by atoms with Crippen LogP contribution in [-0.2, 0) is 41.5 Å². The van der Waals surface area contributed by atoms with Gasteiger partial charge in [-0.3, -0.25) is 4.79 Å². The minimum absolute atomic E-state index is 0.160. The highest BCUT2D eigenvalue weighted by molar-refractivity contribution is 7.88. The van der Waals surface area contributed by atoms with Crippen LogP contribution in [0.4, 0.5) is 0 Å². The number of carboxylic acid groups (broad SMARTS) is 1. The molecule has 11 nitrogen and oxygen atoms in total. The molecule has 0 spiro atoms. The Morgan fingerprint density at radius 3 is 1.92 bits per heavy atom. The van der Waals surface area contributed by atoms with Gasteiger partial charge >= 0.3 is 26.2 Å². The summed E-state index contributed by atoms with van der Waals surface area (Å²) in [5.41, 5.74) is 0.160. The molecular weight excluding hydrogens is 414 g/mol. The van der Waals surface area contributed by atoms with Crippen molar-refractivity contribution in [2.75, 3.05) is 18.8 Å². The van der Waals surface area contributed by atoms with Crippen molar-refractivity contribution in [2.45, 2.75) is 12.5 Å². The van der Waals surface area contributed by atoms with Crippen molar-refractivity contribution >= 4 is 36.2 Å². The summed E-state index contributed by atoms with van der Waals surface area (Å²) in [6.07, 6.45) is 1.88. The van der Waals surface area contributed by atoms with Gasteiger partial charge in [0.1, 0.15) is 6.04 Å².